The quantitative estimate of drug-likeness (QED) is 0.863. The van der Waals surface area contributed by atoms with Crippen LogP contribution in [0.3, 0.4) is 0 Å². The number of fused-ring (bicyclic) bond motifs is 3. The molecule has 1 aromatic rings. The van der Waals surface area contributed by atoms with Crippen molar-refractivity contribution < 1.29 is 17.9 Å². The summed E-state index contributed by atoms with van der Waals surface area (Å²) < 4.78 is 45.6. The first-order valence-electron chi connectivity index (χ1n) is 7.35. The van der Waals surface area contributed by atoms with E-state index in [0.29, 0.717) is 24.5 Å². The van der Waals surface area contributed by atoms with Crippen molar-refractivity contribution in [2.75, 3.05) is 6.54 Å². The summed E-state index contributed by atoms with van der Waals surface area (Å²) in [6.45, 7) is 0.853. The number of halogens is 3. The van der Waals surface area contributed by atoms with Gasteiger partial charge in [0.25, 0.3) is 0 Å². The first-order valence-corrected chi connectivity index (χ1v) is 7.35. The summed E-state index contributed by atoms with van der Waals surface area (Å²) in [6.07, 6.45) is -1.08. The lowest BCUT2D eigenvalue weighted by atomic mass is 9.88. The number of ether oxygens (including phenoxy) is 1. The van der Waals surface area contributed by atoms with Crippen molar-refractivity contribution in [1.29, 1.82) is 0 Å². The second kappa shape index (κ2) is 4.64. The average Bonchev–Trinajstić information content (AvgIpc) is 3.07. The number of nitrogens with zero attached hydrogens (tertiary/aromatic N) is 2. The van der Waals surface area contributed by atoms with E-state index in [1.807, 2.05) is 0 Å². The van der Waals surface area contributed by atoms with Gasteiger partial charge in [0.15, 0.2) is 5.69 Å². The second-order valence-electron chi connectivity index (χ2n) is 6.00. The zero-order valence-corrected chi connectivity index (χ0v) is 11.4. The highest BCUT2D eigenvalue weighted by Crippen LogP contribution is 2.44. The molecule has 21 heavy (non-hydrogen) atoms. The molecule has 1 N–H and O–H groups in total. The molecule has 3 aliphatic heterocycles. The fourth-order valence-corrected chi connectivity index (χ4v) is 3.67. The molecule has 3 aliphatic rings. The molecule has 3 unspecified atom stereocenters. The summed E-state index contributed by atoms with van der Waals surface area (Å²) in [4.78, 5) is 8.36. The fourth-order valence-electron chi connectivity index (χ4n) is 3.67. The van der Waals surface area contributed by atoms with Gasteiger partial charge in [-0.15, -0.1) is 0 Å². The van der Waals surface area contributed by atoms with Gasteiger partial charge in [0.2, 0.25) is 0 Å². The predicted octanol–water partition coefficient (Wildman–Crippen LogP) is 2.18. The zero-order valence-electron chi connectivity index (χ0n) is 11.4. The molecule has 4 nitrogen and oxygen atoms in total. The normalized spacial score (nSPS) is 31.5. The van der Waals surface area contributed by atoms with E-state index in [0.717, 1.165) is 19.3 Å². The highest BCUT2D eigenvalue weighted by atomic mass is 19.4. The number of alkyl halides is 3. The summed E-state index contributed by atoms with van der Waals surface area (Å²) >= 11 is 0. The van der Waals surface area contributed by atoms with Gasteiger partial charge < -0.3 is 10.1 Å². The summed E-state index contributed by atoms with van der Waals surface area (Å²) in [7, 11) is 0. The molecular formula is C14H16F3N3O. The van der Waals surface area contributed by atoms with Crippen molar-refractivity contribution in [1.82, 2.24) is 15.3 Å². The van der Waals surface area contributed by atoms with Gasteiger partial charge in [-0.1, -0.05) is 0 Å². The van der Waals surface area contributed by atoms with Gasteiger partial charge in [0, 0.05) is 31.0 Å². The van der Waals surface area contributed by atoms with E-state index >= 15 is 0 Å². The van der Waals surface area contributed by atoms with Gasteiger partial charge >= 0.3 is 6.18 Å². The van der Waals surface area contributed by atoms with E-state index in [2.05, 4.69) is 15.3 Å². The summed E-state index contributed by atoms with van der Waals surface area (Å²) in [6, 6.07) is 0. The van der Waals surface area contributed by atoms with Crippen molar-refractivity contribution >= 4 is 0 Å². The molecule has 1 aromatic heterocycles. The molecule has 0 radical (unpaired) electrons. The van der Waals surface area contributed by atoms with Gasteiger partial charge in [-0.3, -0.25) is 0 Å². The smallest absolute Gasteiger partial charge is 0.374 e. The van der Waals surface area contributed by atoms with E-state index in [-0.39, 0.29) is 30.2 Å². The number of nitrogens with one attached hydrogen (secondary N) is 1. The maximum absolute atomic E-state index is 13.3. The van der Waals surface area contributed by atoms with Crippen LogP contribution in [-0.4, -0.2) is 28.7 Å². The Morgan fingerprint density at radius 2 is 2.05 bits per heavy atom. The van der Waals surface area contributed by atoms with Crippen molar-refractivity contribution in [3.8, 4) is 0 Å². The van der Waals surface area contributed by atoms with Crippen LogP contribution in [0.15, 0.2) is 0 Å². The first kappa shape index (κ1) is 13.5. The number of rotatable bonds is 1. The molecule has 3 atom stereocenters. The third-order valence-electron chi connectivity index (χ3n) is 4.66. The number of aromatic nitrogens is 2. The van der Waals surface area contributed by atoms with Crippen LogP contribution >= 0.6 is 0 Å². The second-order valence-corrected chi connectivity index (χ2v) is 6.00. The summed E-state index contributed by atoms with van der Waals surface area (Å²) in [5.74, 6) is 0.250. The SMILES string of the molecule is FC(F)(F)c1nc(C2CC3CCC2O3)nc2c1CNCC2. The summed E-state index contributed by atoms with van der Waals surface area (Å²) in [5.41, 5.74) is -0.00658. The van der Waals surface area contributed by atoms with E-state index in [1.165, 1.54) is 0 Å². The molecule has 2 fully saturated rings. The minimum Gasteiger partial charge on any atom is -0.374 e. The topological polar surface area (TPSA) is 47.0 Å². The average molecular weight is 299 g/mol. The maximum Gasteiger partial charge on any atom is 0.433 e. The molecule has 7 heteroatoms. The van der Waals surface area contributed by atoms with E-state index in [4.69, 9.17) is 4.74 Å². The van der Waals surface area contributed by atoms with Crippen molar-refractivity contribution in [2.45, 2.75) is 56.5 Å². The standard InChI is InChI=1S/C14H16F3N3O/c15-14(16,17)12-9-6-18-4-3-10(9)19-13(20-12)8-5-7-1-2-11(8)21-7/h7-8,11,18H,1-6H2. The Morgan fingerprint density at radius 1 is 1.19 bits per heavy atom. The molecule has 4 heterocycles. The van der Waals surface area contributed by atoms with Crippen LogP contribution in [0.5, 0.6) is 0 Å². The molecule has 0 aliphatic carbocycles. The van der Waals surface area contributed by atoms with Crippen LogP contribution in [0.25, 0.3) is 0 Å². The minimum absolute atomic E-state index is 0.00384. The van der Waals surface area contributed by atoms with Crippen LogP contribution in [0.4, 0.5) is 13.2 Å². The molecule has 0 saturated carbocycles. The van der Waals surface area contributed by atoms with Crippen LogP contribution in [0.1, 0.15) is 48.0 Å². The number of hydrogen-bond donors (Lipinski definition) is 1. The third-order valence-corrected chi connectivity index (χ3v) is 4.66. The predicted molar refractivity (Wildman–Crippen MR) is 67.7 cm³/mol. The molecule has 0 amide bonds. The lowest BCUT2D eigenvalue weighted by Gasteiger charge is -2.24. The lowest BCUT2D eigenvalue weighted by Crippen LogP contribution is -2.30. The zero-order chi connectivity index (χ0) is 14.6. The van der Waals surface area contributed by atoms with Gasteiger partial charge in [-0.25, -0.2) is 9.97 Å². The highest BCUT2D eigenvalue weighted by Gasteiger charge is 2.45. The van der Waals surface area contributed by atoms with Crippen molar-refractivity contribution in [2.24, 2.45) is 0 Å². The maximum atomic E-state index is 13.3. The summed E-state index contributed by atoms with van der Waals surface area (Å²) in [5, 5.41) is 2.96. The van der Waals surface area contributed by atoms with E-state index in [9.17, 15) is 13.2 Å². The largest absolute Gasteiger partial charge is 0.433 e. The van der Waals surface area contributed by atoms with E-state index in [1.54, 1.807) is 0 Å². The van der Waals surface area contributed by atoms with Gasteiger partial charge in [-0.05, 0) is 19.3 Å². The Bertz CT molecular complexity index is 575. The highest BCUT2D eigenvalue weighted by molar-refractivity contribution is 5.31. The molecule has 4 rings (SSSR count). The van der Waals surface area contributed by atoms with E-state index < -0.39 is 11.9 Å². The third kappa shape index (κ3) is 2.23. The Labute approximate surface area is 120 Å². The van der Waals surface area contributed by atoms with Crippen LogP contribution < -0.4 is 5.32 Å². The molecular weight excluding hydrogens is 283 g/mol. The molecule has 0 spiro atoms. The Balaban J connectivity index is 1.78. The van der Waals surface area contributed by atoms with Crippen LogP contribution in [0, 0.1) is 0 Å². The molecule has 114 valence electrons. The molecule has 0 aromatic carbocycles. The van der Waals surface area contributed by atoms with Gasteiger partial charge in [0.05, 0.1) is 17.9 Å². The van der Waals surface area contributed by atoms with Crippen LogP contribution in [-0.2, 0) is 23.9 Å². The van der Waals surface area contributed by atoms with Crippen LogP contribution in [0.2, 0.25) is 0 Å². The number of hydrogen-bond acceptors (Lipinski definition) is 4. The first-order chi connectivity index (χ1) is 10.0. The van der Waals surface area contributed by atoms with Gasteiger partial charge in [0.1, 0.15) is 5.82 Å². The Morgan fingerprint density at radius 3 is 2.71 bits per heavy atom. The van der Waals surface area contributed by atoms with Crippen molar-refractivity contribution in [3.05, 3.63) is 22.8 Å². The van der Waals surface area contributed by atoms with Gasteiger partial charge in [-0.2, -0.15) is 13.2 Å². The Kier molecular flexibility index (Phi) is 2.97. The Hall–Kier alpha value is -1.21. The minimum atomic E-state index is -4.43. The van der Waals surface area contributed by atoms with Crippen molar-refractivity contribution in [3.63, 3.8) is 0 Å². The fraction of sp³-hybridized carbons (Fsp3) is 0.714. The molecule has 2 saturated heterocycles. The monoisotopic (exact) mass is 299 g/mol. The molecule has 2 bridgehead atoms. The lowest BCUT2D eigenvalue weighted by molar-refractivity contribution is -0.142.